The van der Waals surface area contributed by atoms with Crippen LogP contribution in [0.4, 0.5) is 4.79 Å². The van der Waals surface area contributed by atoms with Gasteiger partial charge in [-0.05, 0) is 12.5 Å². The molecule has 1 heterocycles. The van der Waals surface area contributed by atoms with Crippen LogP contribution >= 0.6 is 0 Å². The summed E-state index contributed by atoms with van der Waals surface area (Å²) in [5, 5.41) is 5.29. The van der Waals surface area contributed by atoms with Gasteiger partial charge in [0.1, 0.15) is 0 Å². The van der Waals surface area contributed by atoms with Crippen LogP contribution < -0.4 is 10.6 Å². The van der Waals surface area contributed by atoms with Gasteiger partial charge in [0.15, 0.2) is 0 Å². The van der Waals surface area contributed by atoms with Gasteiger partial charge < -0.3 is 15.5 Å². The minimum Gasteiger partial charge on any atom is -0.341 e. The molecule has 1 aliphatic heterocycles. The third kappa shape index (κ3) is 3.05. The Morgan fingerprint density at radius 2 is 2.05 bits per heavy atom. The molecule has 0 saturated carbocycles. The molecular weight excluding hydrogens is 242 g/mol. The van der Waals surface area contributed by atoms with Crippen molar-refractivity contribution in [2.75, 3.05) is 13.6 Å². The third-order valence-corrected chi connectivity index (χ3v) is 3.47. The molecule has 2 unspecified atom stereocenters. The highest BCUT2D eigenvalue weighted by Gasteiger charge is 2.33. The van der Waals surface area contributed by atoms with E-state index in [0.717, 1.165) is 5.56 Å². The lowest BCUT2D eigenvalue weighted by atomic mass is 10.1. The zero-order valence-electron chi connectivity index (χ0n) is 11.2. The number of hydrogen-bond acceptors (Lipinski definition) is 2. The summed E-state index contributed by atoms with van der Waals surface area (Å²) in [6.07, 6.45) is 0.366. The van der Waals surface area contributed by atoms with E-state index in [1.807, 2.05) is 42.2 Å². The van der Waals surface area contributed by atoms with Gasteiger partial charge >= 0.3 is 6.03 Å². The minimum atomic E-state index is -0.244. The highest BCUT2D eigenvalue weighted by atomic mass is 16.2. The standard InChI is InChI=1S/C14H19N3O2/c1-10(11-6-4-3-5-7-11)17-9-12(8-13(17)18)16-14(19)15-2/h3-7,10,12H,8-9H2,1-2H3,(H2,15,16,19). The van der Waals surface area contributed by atoms with Gasteiger partial charge in [0.05, 0.1) is 12.1 Å². The molecule has 2 rings (SSSR count). The normalized spacial score (nSPS) is 20.2. The van der Waals surface area contributed by atoms with Crippen LogP contribution in [0.25, 0.3) is 0 Å². The molecular formula is C14H19N3O2. The molecule has 2 atom stereocenters. The van der Waals surface area contributed by atoms with Crippen LogP contribution in [0.15, 0.2) is 30.3 Å². The van der Waals surface area contributed by atoms with Crippen molar-refractivity contribution in [2.45, 2.75) is 25.4 Å². The van der Waals surface area contributed by atoms with E-state index in [9.17, 15) is 9.59 Å². The van der Waals surface area contributed by atoms with Crippen LogP contribution in [0.2, 0.25) is 0 Å². The van der Waals surface area contributed by atoms with Crippen LogP contribution in [0.3, 0.4) is 0 Å². The van der Waals surface area contributed by atoms with E-state index in [4.69, 9.17) is 0 Å². The number of benzene rings is 1. The lowest BCUT2D eigenvalue weighted by Gasteiger charge is -2.25. The molecule has 2 N–H and O–H groups in total. The van der Waals surface area contributed by atoms with Crippen molar-refractivity contribution in [3.8, 4) is 0 Å². The molecule has 1 saturated heterocycles. The molecule has 0 aromatic heterocycles. The van der Waals surface area contributed by atoms with Crippen molar-refractivity contribution >= 4 is 11.9 Å². The summed E-state index contributed by atoms with van der Waals surface area (Å²) < 4.78 is 0. The minimum absolute atomic E-state index is 0.0326. The number of amides is 3. The number of hydrogen-bond donors (Lipinski definition) is 2. The first kappa shape index (κ1) is 13.4. The highest BCUT2D eigenvalue weighted by Crippen LogP contribution is 2.25. The summed E-state index contributed by atoms with van der Waals surface area (Å²) >= 11 is 0. The fourth-order valence-electron chi connectivity index (χ4n) is 2.37. The lowest BCUT2D eigenvalue weighted by Crippen LogP contribution is -2.42. The maximum Gasteiger partial charge on any atom is 0.314 e. The Kier molecular flexibility index (Phi) is 4.04. The van der Waals surface area contributed by atoms with Gasteiger partial charge in [-0.2, -0.15) is 0 Å². The second kappa shape index (κ2) is 5.73. The quantitative estimate of drug-likeness (QED) is 0.861. The van der Waals surface area contributed by atoms with Gasteiger partial charge in [-0.25, -0.2) is 4.79 Å². The van der Waals surface area contributed by atoms with Gasteiger partial charge in [-0.15, -0.1) is 0 Å². The van der Waals surface area contributed by atoms with E-state index < -0.39 is 0 Å². The first-order valence-electron chi connectivity index (χ1n) is 6.44. The van der Waals surface area contributed by atoms with Crippen molar-refractivity contribution in [1.29, 1.82) is 0 Å². The molecule has 19 heavy (non-hydrogen) atoms. The molecule has 5 nitrogen and oxygen atoms in total. The maximum atomic E-state index is 12.0. The molecule has 3 amide bonds. The largest absolute Gasteiger partial charge is 0.341 e. The Morgan fingerprint density at radius 3 is 2.68 bits per heavy atom. The number of carbonyl (C=O) groups excluding carboxylic acids is 2. The molecule has 0 aliphatic carbocycles. The second-order valence-corrected chi connectivity index (χ2v) is 4.76. The Bertz CT molecular complexity index is 461. The zero-order valence-corrected chi connectivity index (χ0v) is 11.2. The van der Waals surface area contributed by atoms with E-state index in [-0.39, 0.29) is 24.0 Å². The summed E-state index contributed by atoms with van der Waals surface area (Å²) in [6.45, 7) is 2.57. The maximum absolute atomic E-state index is 12.0. The molecule has 1 aromatic carbocycles. The van der Waals surface area contributed by atoms with Crippen molar-refractivity contribution < 1.29 is 9.59 Å². The van der Waals surface area contributed by atoms with Crippen LogP contribution in [-0.2, 0) is 4.79 Å². The Hall–Kier alpha value is -2.04. The van der Waals surface area contributed by atoms with Crippen LogP contribution in [0.5, 0.6) is 0 Å². The number of nitrogens with one attached hydrogen (secondary N) is 2. The van der Waals surface area contributed by atoms with Gasteiger partial charge in [-0.3, -0.25) is 4.79 Å². The SMILES string of the molecule is CNC(=O)NC1CC(=O)N(C(C)c2ccccc2)C1. The molecule has 102 valence electrons. The van der Waals surface area contributed by atoms with Crippen LogP contribution in [0, 0.1) is 0 Å². The van der Waals surface area contributed by atoms with Gasteiger partial charge in [0.25, 0.3) is 0 Å². The van der Waals surface area contributed by atoms with Crippen molar-refractivity contribution in [2.24, 2.45) is 0 Å². The molecule has 1 aromatic rings. The summed E-state index contributed by atoms with van der Waals surface area (Å²) in [5.74, 6) is 0.0813. The first-order valence-corrected chi connectivity index (χ1v) is 6.44. The Balaban J connectivity index is 2.02. The predicted molar refractivity (Wildman–Crippen MR) is 72.6 cm³/mol. The molecule has 0 bridgehead atoms. The van der Waals surface area contributed by atoms with Gasteiger partial charge in [0, 0.05) is 20.0 Å². The number of carbonyl (C=O) groups is 2. The lowest BCUT2D eigenvalue weighted by molar-refractivity contribution is -0.129. The zero-order chi connectivity index (χ0) is 13.8. The predicted octanol–water partition coefficient (Wildman–Crippen LogP) is 1.28. The smallest absolute Gasteiger partial charge is 0.314 e. The first-order chi connectivity index (χ1) is 9.11. The van der Waals surface area contributed by atoms with Crippen molar-refractivity contribution in [1.82, 2.24) is 15.5 Å². The molecule has 1 fully saturated rings. The van der Waals surface area contributed by atoms with Gasteiger partial charge in [0.2, 0.25) is 5.91 Å². The summed E-state index contributed by atoms with van der Waals surface area (Å²) in [5.41, 5.74) is 1.11. The summed E-state index contributed by atoms with van der Waals surface area (Å²) in [4.78, 5) is 25.1. The number of rotatable bonds is 3. The van der Waals surface area contributed by atoms with E-state index in [2.05, 4.69) is 10.6 Å². The Labute approximate surface area is 113 Å². The fourth-order valence-corrected chi connectivity index (χ4v) is 2.37. The fraction of sp³-hybridized carbons (Fsp3) is 0.429. The van der Waals surface area contributed by atoms with E-state index in [1.54, 1.807) is 7.05 Å². The summed E-state index contributed by atoms with van der Waals surface area (Å²) in [6, 6.07) is 9.59. The van der Waals surface area contributed by atoms with E-state index in [1.165, 1.54) is 0 Å². The van der Waals surface area contributed by atoms with Crippen molar-refractivity contribution in [3.63, 3.8) is 0 Å². The number of nitrogens with zero attached hydrogens (tertiary/aromatic N) is 1. The average Bonchev–Trinajstić information content (AvgIpc) is 2.79. The van der Waals surface area contributed by atoms with Gasteiger partial charge in [-0.1, -0.05) is 30.3 Å². The van der Waals surface area contributed by atoms with Crippen molar-refractivity contribution in [3.05, 3.63) is 35.9 Å². The monoisotopic (exact) mass is 261 g/mol. The number of urea groups is 1. The molecule has 1 aliphatic rings. The number of likely N-dealkylation sites (tertiary alicyclic amines) is 1. The van der Waals surface area contributed by atoms with Crippen LogP contribution in [-0.4, -0.2) is 36.5 Å². The highest BCUT2D eigenvalue weighted by molar-refractivity contribution is 5.82. The molecule has 0 radical (unpaired) electrons. The van der Waals surface area contributed by atoms with E-state index >= 15 is 0 Å². The van der Waals surface area contributed by atoms with E-state index in [0.29, 0.717) is 13.0 Å². The topological polar surface area (TPSA) is 61.4 Å². The summed E-state index contributed by atoms with van der Waals surface area (Å²) in [7, 11) is 1.57. The third-order valence-electron chi connectivity index (χ3n) is 3.47. The second-order valence-electron chi connectivity index (χ2n) is 4.76. The molecule has 0 spiro atoms. The average molecular weight is 261 g/mol. The molecule has 5 heteroatoms. The Morgan fingerprint density at radius 1 is 1.37 bits per heavy atom. The van der Waals surface area contributed by atoms with Crippen LogP contribution in [0.1, 0.15) is 24.9 Å².